The summed E-state index contributed by atoms with van der Waals surface area (Å²) in [7, 11) is -3.96. The topological polar surface area (TPSA) is 90.3 Å². The molecule has 2 aromatic heterocycles. The number of nitrogen functional groups attached to an aromatic ring is 1. The summed E-state index contributed by atoms with van der Waals surface area (Å²) in [4.78, 5) is 4.23. The Morgan fingerprint density at radius 1 is 1.25 bits per heavy atom. The van der Waals surface area contributed by atoms with E-state index in [9.17, 15) is 8.42 Å². The number of fused-ring (bicyclic) bond motifs is 1. The molecular formula is C14H12Cl2N4O2S2. The first kappa shape index (κ1) is 17.3. The quantitative estimate of drug-likeness (QED) is 0.674. The number of benzene rings is 1. The minimum atomic E-state index is -3.96. The van der Waals surface area contributed by atoms with Gasteiger partial charge >= 0.3 is 0 Å². The molecular weight excluding hydrogens is 391 g/mol. The van der Waals surface area contributed by atoms with Gasteiger partial charge in [-0.05, 0) is 31.4 Å². The van der Waals surface area contributed by atoms with E-state index in [0.717, 1.165) is 0 Å². The van der Waals surface area contributed by atoms with Gasteiger partial charge in [-0.3, -0.25) is 0 Å². The average molecular weight is 403 g/mol. The maximum absolute atomic E-state index is 13.2. The first-order valence-electron chi connectivity index (χ1n) is 6.65. The van der Waals surface area contributed by atoms with Crippen molar-refractivity contribution in [1.82, 2.24) is 14.6 Å². The lowest BCUT2D eigenvalue weighted by molar-refractivity contribution is 0.594. The Bertz CT molecular complexity index is 1060. The molecule has 126 valence electrons. The molecule has 0 aliphatic heterocycles. The Hall–Kier alpha value is -1.48. The molecule has 1 aromatic carbocycles. The molecule has 0 unspecified atom stereocenters. The number of aryl methyl sites for hydroxylation is 1. The van der Waals surface area contributed by atoms with Crippen LogP contribution in [0.15, 0.2) is 39.1 Å². The van der Waals surface area contributed by atoms with E-state index in [2.05, 4.69) is 10.1 Å². The standard InChI is InChI=1S/C14H12Cl2N4O2S2/c1-7-5-11(17)20-13(18-7)12(14(19-20)23-2)24(21,22)10-4-3-8(15)6-9(10)16/h3-6H,17H2,1-2H3. The summed E-state index contributed by atoms with van der Waals surface area (Å²) in [5.41, 5.74) is 6.70. The third-order valence-corrected chi connectivity index (χ3v) is 6.63. The van der Waals surface area contributed by atoms with Crippen LogP contribution < -0.4 is 5.73 Å². The Balaban J connectivity index is 2.39. The molecule has 0 amide bonds. The van der Waals surface area contributed by atoms with Crippen molar-refractivity contribution in [2.75, 3.05) is 12.0 Å². The summed E-state index contributed by atoms with van der Waals surface area (Å²) in [6.45, 7) is 1.73. The summed E-state index contributed by atoms with van der Waals surface area (Å²) in [5, 5.41) is 4.94. The Kier molecular flexibility index (Phi) is 4.41. The molecule has 3 aromatic rings. The molecule has 0 atom stereocenters. The minimum Gasteiger partial charge on any atom is -0.384 e. The van der Waals surface area contributed by atoms with Gasteiger partial charge in [0.25, 0.3) is 0 Å². The number of anilines is 1. The van der Waals surface area contributed by atoms with E-state index in [1.807, 2.05) is 0 Å². The lowest BCUT2D eigenvalue weighted by atomic mass is 10.4. The minimum absolute atomic E-state index is 0.0189. The van der Waals surface area contributed by atoms with Gasteiger partial charge in [-0.15, -0.1) is 11.8 Å². The number of thioether (sulfide) groups is 1. The van der Waals surface area contributed by atoms with Gasteiger partial charge in [-0.2, -0.15) is 9.61 Å². The van der Waals surface area contributed by atoms with E-state index in [1.165, 1.54) is 34.5 Å². The monoisotopic (exact) mass is 402 g/mol. The summed E-state index contributed by atoms with van der Waals surface area (Å²) < 4.78 is 27.7. The van der Waals surface area contributed by atoms with E-state index < -0.39 is 9.84 Å². The number of rotatable bonds is 3. The highest BCUT2D eigenvalue weighted by atomic mass is 35.5. The number of halogens is 2. The lowest BCUT2D eigenvalue weighted by Crippen LogP contribution is -2.06. The molecule has 2 N–H and O–H groups in total. The zero-order chi connectivity index (χ0) is 17.6. The highest BCUT2D eigenvalue weighted by Gasteiger charge is 2.30. The summed E-state index contributed by atoms with van der Waals surface area (Å²) in [6.07, 6.45) is 1.73. The number of sulfone groups is 1. The number of hydrogen-bond acceptors (Lipinski definition) is 6. The fourth-order valence-corrected chi connectivity index (χ4v) is 5.46. The van der Waals surface area contributed by atoms with E-state index in [1.54, 1.807) is 19.2 Å². The fraction of sp³-hybridized carbons (Fsp3) is 0.143. The van der Waals surface area contributed by atoms with Gasteiger partial charge in [0, 0.05) is 16.8 Å². The normalized spacial score (nSPS) is 12.0. The molecule has 0 saturated carbocycles. The smallest absolute Gasteiger partial charge is 0.214 e. The van der Waals surface area contributed by atoms with Crippen molar-refractivity contribution in [2.24, 2.45) is 0 Å². The van der Waals surface area contributed by atoms with Crippen LogP contribution in [0.1, 0.15) is 5.69 Å². The summed E-state index contributed by atoms with van der Waals surface area (Å²) in [5.74, 6) is 0.302. The van der Waals surface area contributed by atoms with Gasteiger partial charge in [-0.25, -0.2) is 13.4 Å². The van der Waals surface area contributed by atoms with Gasteiger partial charge in [-0.1, -0.05) is 23.2 Å². The van der Waals surface area contributed by atoms with Crippen molar-refractivity contribution in [1.29, 1.82) is 0 Å². The van der Waals surface area contributed by atoms with Gasteiger partial charge in [0.2, 0.25) is 9.84 Å². The Labute approximate surface area is 152 Å². The van der Waals surface area contributed by atoms with E-state index in [0.29, 0.717) is 21.6 Å². The molecule has 0 aliphatic rings. The van der Waals surface area contributed by atoms with Crippen LogP contribution in [-0.2, 0) is 9.84 Å². The molecule has 0 saturated heterocycles. The van der Waals surface area contributed by atoms with Crippen molar-refractivity contribution in [3.05, 3.63) is 40.0 Å². The predicted molar refractivity (Wildman–Crippen MR) is 95.8 cm³/mol. The molecule has 0 fully saturated rings. The summed E-state index contributed by atoms with van der Waals surface area (Å²) in [6, 6.07) is 5.84. The highest BCUT2D eigenvalue weighted by Crippen LogP contribution is 2.36. The Morgan fingerprint density at radius 3 is 2.58 bits per heavy atom. The van der Waals surface area contributed by atoms with Gasteiger partial charge < -0.3 is 5.73 Å². The van der Waals surface area contributed by atoms with E-state index in [-0.39, 0.29) is 20.5 Å². The first-order valence-corrected chi connectivity index (χ1v) is 10.1. The second-order valence-electron chi connectivity index (χ2n) is 4.97. The van der Waals surface area contributed by atoms with Crippen LogP contribution in [0.2, 0.25) is 10.0 Å². The maximum atomic E-state index is 13.2. The average Bonchev–Trinajstić information content (AvgIpc) is 2.86. The van der Waals surface area contributed by atoms with Crippen LogP contribution in [0.4, 0.5) is 5.82 Å². The third kappa shape index (κ3) is 2.73. The van der Waals surface area contributed by atoms with Crippen LogP contribution in [0.5, 0.6) is 0 Å². The van der Waals surface area contributed by atoms with Crippen molar-refractivity contribution >= 4 is 56.3 Å². The van der Waals surface area contributed by atoms with Gasteiger partial charge in [0.15, 0.2) is 10.5 Å². The first-order chi connectivity index (χ1) is 11.3. The molecule has 0 bridgehead atoms. The van der Waals surface area contributed by atoms with E-state index in [4.69, 9.17) is 28.9 Å². The largest absolute Gasteiger partial charge is 0.384 e. The maximum Gasteiger partial charge on any atom is 0.214 e. The number of aromatic nitrogens is 3. The Morgan fingerprint density at radius 2 is 1.96 bits per heavy atom. The van der Waals surface area contributed by atoms with Gasteiger partial charge in [0.1, 0.15) is 10.8 Å². The molecule has 0 aliphatic carbocycles. The van der Waals surface area contributed by atoms with Gasteiger partial charge in [0.05, 0.1) is 9.92 Å². The predicted octanol–water partition coefficient (Wildman–Crippen LogP) is 3.48. The van der Waals surface area contributed by atoms with Crippen LogP contribution >= 0.6 is 35.0 Å². The molecule has 6 nitrogen and oxygen atoms in total. The van der Waals surface area contributed by atoms with Crippen LogP contribution in [0.3, 0.4) is 0 Å². The lowest BCUT2D eigenvalue weighted by Gasteiger charge is -2.07. The molecule has 10 heteroatoms. The molecule has 0 radical (unpaired) electrons. The fourth-order valence-electron chi connectivity index (χ4n) is 2.30. The molecule has 2 heterocycles. The van der Waals surface area contributed by atoms with Crippen molar-refractivity contribution in [3.8, 4) is 0 Å². The zero-order valence-electron chi connectivity index (χ0n) is 12.6. The van der Waals surface area contributed by atoms with Crippen molar-refractivity contribution in [3.63, 3.8) is 0 Å². The van der Waals surface area contributed by atoms with Crippen LogP contribution in [0.25, 0.3) is 5.65 Å². The van der Waals surface area contributed by atoms with E-state index >= 15 is 0 Å². The number of nitrogens with zero attached hydrogens (tertiary/aromatic N) is 3. The SMILES string of the molecule is CSc1nn2c(N)cc(C)nc2c1S(=O)(=O)c1ccc(Cl)cc1Cl. The second kappa shape index (κ2) is 6.11. The highest BCUT2D eigenvalue weighted by molar-refractivity contribution is 7.99. The number of hydrogen-bond donors (Lipinski definition) is 1. The van der Waals surface area contributed by atoms with Crippen molar-refractivity contribution in [2.45, 2.75) is 21.7 Å². The third-order valence-electron chi connectivity index (χ3n) is 3.32. The summed E-state index contributed by atoms with van der Waals surface area (Å²) >= 11 is 13.1. The van der Waals surface area contributed by atoms with Crippen molar-refractivity contribution < 1.29 is 8.42 Å². The molecule has 3 rings (SSSR count). The molecule has 24 heavy (non-hydrogen) atoms. The molecule has 0 spiro atoms. The second-order valence-corrected chi connectivity index (χ2v) is 8.47. The van der Waals surface area contributed by atoms with Crippen LogP contribution in [-0.4, -0.2) is 29.3 Å². The zero-order valence-corrected chi connectivity index (χ0v) is 15.8. The number of nitrogens with two attached hydrogens (primary N) is 1. The van der Waals surface area contributed by atoms with Crippen LogP contribution in [0, 0.1) is 6.92 Å².